The van der Waals surface area contributed by atoms with E-state index in [2.05, 4.69) is 10.1 Å². The highest BCUT2D eigenvalue weighted by molar-refractivity contribution is 7.12. The fraction of sp³-hybridized carbons (Fsp3) is 0.611. The molecule has 2 saturated heterocycles. The molecule has 134 valence electrons. The number of likely N-dealkylation sites (tertiary alicyclic amines) is 1. The van der Waals surface area contributed by atoms with Gasteiger partial charge in [-0.2, -0.15) is 4.98 Å². The van der Waals surface area contributed by atoms with Crippen LogP contribution < -0.4 is 0 Å². The van der Waals surface area contributed by atoms with Crippen LogP contribution in [0.4, 0.5) is 0 Å². The van der Waals surface area contributed by atoms with Crippen LogP contribution >= 0.6 is 11.3 Å². The van der Waals surface area contributed by atoms with E-state index in [0.717, 1.165) is 75.0 Å². The van der Waals surface area contributed by atoms with Gasteiger partial charge in [-0.1, -0.05) is 11.2 Å². The minimum atomic E-state index is 0.166. The molecular formula is C18H23N3O3S. The van der Waals surface area contributed by atoms with Gasteiger partial charge in [0.1, 0.15) is 0 Å². The lowest BCUT2D eigenvalue weighted by atomic mass is 10.0. The monoisotopic (exact) mass is 361 g/mol. The first-order valence-corrected chi connectivity index (χ1v) is 9.90. The number of ether oxygens (including phenoxy) is 1. The highest BCUT2D eigenvalue weighted by Crippen LogP contribution is 2.27. The zero-order valence-corrected chi connectivity index (χ0v) is 15.0. The van der Waals surface area contributed by atoms with Crippen molar-refractivity contribution in [2.75, 3.05) is 26.3 Å². The molecule has 0 saturated carbocycles. The number of aryl methyl sites for hydroxylation is 1. The van der Waals surface area contributed by atoms with Crippen LogP contribution in [0.3, 0.4) is 0 Å². The first-order chi connectivity index (χ1) is 12.3. The summed E-state index contributed by atoms with van der Waals surface area (Å²) in [5.74, 6) is 2.59. The van der Waals surface area contributed by atoms with Gasteiger partial charge in [0.25, 0.3) is 5.91 Å². The molecule has 0 aromatic carbocycles. The Hall–Kier alpha value is -1.73. The maximum atomic E-state index is 12.4. The quantitative estimate of drug-likeness (QED) is 0.818. The summed E-state index contributed by atoms with van der Waals surface area (Å²) in [6.07, 6.45) is 4.80. The van der Waals surface area contributed by atoms with Crippen molar-refractivity contribution in [2.24, 2.45) is 5.92 Å². The van der Waals surface area contributed by atoms with Crippen molar-refractivity contribution in [3.05, 3.63) is 34.1 Å². The van der Waals surface area contributed by atoms with Crippen LogP contribution in [0.2, 0.25) is 0 Å². The van der Waals surface area contributed by atoms with Crippen LogP contribution in [0.25, 0.3) is 0 Å². The molecule has 6 nitrogen and oxygen atoms in total. The van der Waals surface area contributed by atoms with E-state index in [-0.39, 0.29) is 5.91 Å². The van der Waals surface area contributed by atoms with Crippen molar-refractivity contribution in [2.45, 2.75) is 38.0 Å². The van der Waals surface area contributed by atoms with E-state index in [1.165, 1.54) is 11.3 Å². The average molecular weight is 361 g/mol. The molecule has 0 spiro atoms. The van der Waals surface area contributed by atoms with Gasteiger partial charge in [0.15, 0.2) is 5.82 Å². The van der Waals surface area contributed by atoms with Crippen LogP contribution in [-0.4, -0.2) is 47.3 Å². The minimum Gasteiger partial charge on any atom is -0.381 e. The molecule has 4 heterocycles. The molecule has 1 unspecified atom stereocenters. The number of hydrogen-bond donors (Lipinski definition) is 0. The van der Waals surface area contributed by atoms with Crippen molar-refractivity contribution >= 4 is 17.2 Å². The fourth-order valence-corrected chi connectivity index (χ4v) is 4.31. The average Bonchev–Trinajstić information content (AvgIpc) is 3.41. The smallest absolute Gasteiger partial charge is 0.263 e. The molecule has 7 heteroatoms. The molecule has 4 rings (SSSR count). The zero-order chi connectivity index (χ0) is 17.1. The van der Waals surface area contributed by atoms with Crippen molar-refractivity contribution < 1.29 is 14.1 Å². The Bertz CT molecular complexity index is 694. The molecule has 2 aromatic heterocycles. The summed E-state index contributed by atoms with van der Waals surface area (Å²) in [6.45, 7) is 3.24. The van der Waals surface area contributed by atoms with Gasteiger partial charge in [-0.25, -0.2) is 0 Å². The largest absolute Gasteiger partial charge is 0.381 e. The summed E-state index contributed by atoms with van der Waals surface area (Å²) >= 11 is 1.51. The third-order valence-electron chi connectivity index (χ3n) is 5.14. The van der Waals surface area contributed by atoms with Crippen molar-refractivity contribution in [3.63, 3.8) is 0 Å². The van der Waals surface area contributed by atoms with Gasteiger partial charge in [-0.3, -0.25) is 4.79 Å². The Kier molecular flexibility index (Phi) is 5.12. The predicted molar refractivity (Wildman–Crippen MR) is 93.7 cm³/mol. The van der Waals surface area contributed by atoms with E-state index in [0.29, 0.717) is 11.8 Å². The minimum absolute atomic E-state index is 0.166. The summed E-state index contributed by atoms with van der Waals surface area (Å²) < 4.78 is 10.8. The second-order valence-electron chi connectivity index (χ2n) is 6.86. The third kappa shape index (κ3) is 3.93. The molecule has 0 aliphatic carbocycles. The maximum absolute atomic E-state index is 12.4. The van der Waals surface area contributed by atoms with E-state index in [4.69, 9.17) is 9.26 Å². The molecule has 0 N–H and O–H groups in total. The van der Waals surface area contributed by atoms with Crippen molar-refractivity contribution in [1.82, 2.24) is 15.0 Å². The maximum Gasteiger partial charge on any atom is 0.263 e. The molecule has 0 bridgehead atoms. The molecule has 2 aromatic rings. The van der Waals surface area contributed by atoms with Gasteiger partial charge in [0, 0.05) is 38.6 Å². The van der Waals surface area contributed by atoms with Gasteiger partial charge < -0.3 is 14.2 Å². The highest BCUT2D eigenvalue weighted by atomic mass is 32.1. The topological polar surface area (TPSA) is 68.5 Å². The predicted octanol–water partition coefficient (Wildman–Crippen LogP) is 3.12. The second kappa shape index (κ2) is 7.66. The van der Waals surface area contributed by atoms with Gasteiger partial charge in [-0.15, -0.1) is 11.3 Å². The van der Waals surface area contributed by atoms with Gasteiger partial charge in [0.05, 0.1) is 4.88 Å². The number of nitrogens with zero attached hydrogens (tertiary/aromatic N) is 3. The molecule has 2 aliphatic rings. The lowest BCUT2D eigenvalue weighted by Crippen LogP contribution is -2.28. The lowest BCUT2D eigenvalue weighted by molar-refractivity contribution is 0.0778. The summed E-state index contributed by atoms with van der Waals surface area (Å²) in [6, 6.07) is 3.83. The number of thiophene rings is 1. The van der Waals surface area contributed by atoms with Crippen LogP contribution in [0.15, 0.2) is 22.0 Å². The molecule has 1 atom stereocenters. The summed E-state index contributed by atoms with van der Waals surface area (Å²) in [4.78, 5) is 19.8. The number of hydrogen-bond acceptors (Lipinski definition) is 6. The molecule has 2 aliphatic heterocycles. The first kappa shape index (κ1) is 16.7. The fourth-order valence-electron chi connectivity index (χ4n) is 3.62. The molecule has 0 radical (unpaired) electrons. The number of rotatable bonds is 5. The third-order valence-corrected chi connectivity index (χ3v) is 5.99. The normalized spacial score (nSPS) is 21.8. The first-order valence-electron chi connectivity index (χ1n) is 9.02. The Labute approximate surface area is 151 Å². The summed E-state index contributed by atoms with van der Waals surface area (Å²) in [7, 11) is 0. The Morgan fingerprint density at radius 3 is 3.00 bits per heavy atom. The Balaban J connectivity index is 1.26. The van der Waals surface area contributed by atoms with Gasteiger partial charge >= 0.3 is 0 Å². The van der Waals surface area contributed by atoms with Gasteiger partial charge in [-0.05, 0) is 43.0 Å². The lowest BCUT2D eigenvalue weighted by Gasteiger charge is -2.17. The standard InChI is InChI=1S/C18H23N3O3S/c22-18(15-2-1-11-25-15)21-8-5-13(12-21)3-4-16-19-17(24-20-16)14-6-9-23-10-7-14/h1-2,11,13-14H,3-10,12H2. The van der Waals surface area contributed by atoms with Crippen molar-refractivity contribution in [3.8, 4) is 0 Å². The Morgan fingerprint density at radius 1 is 1.32 bits per heavy atom. The zero-order valence-electron chi connectivity index (χ0n) is 14.2. The van der Waals surface area contributed by atoms with Crippen LogP contribution in [0.1, 0.15) is 53.0 Å². The van der Waals surface area contributed by atoms with Gasteiger partial charge in [0.2, 0.25) is 5.89 Å². The van der Waals surface area contributed by atoms with Crippen LogP contribution in [0, 0.1) is 5.92 Å². The van der Waals surface area contributed by atoms with Crippen LogP contribution in [0.5, 0.6) is 0 Å². The van der Waals surface area contributed by atoms with Crippen LogP contribution in [-0.2, 0) is 11.2 Å². The van der Waals surface area contributed by atoms with Crippen molar-refractivity contribution in [1.29, 1.82) is 0 Å². The summed E-state index contributed by atoms with van der Waals surface area (Å²) in [5.41, 5.74) is 0. The number of carbonyl (C=O) groups is 1. The second-order valence-corrected chi connectivity index (χ2v) is 7.81. The molecule has 1 amide bonds. The molecule has 2 fully saturated rings. The Morgan fingerprint density at radius 2 is 2.20 bits per heavy atom. The number of carbonyl (C=O) groups excluding carboxylic acids is 1. The highest BCUT2D eigenvalue weighted by Gasteiger charge is 2.28. The van der Waals surface area contributed by atoms with E-state index in [1.54, 1.807) is 0 Å². The van der Waals surface area contributed by atoms with E-state index in [9.17, 15) is 4.79 Å². The molecular weight excluding hydrogens is 338 g/mol. The van der Waals surface area contributed by atoms with E-state index >= 15 is 0 Å². The summed E-state index contributed by atoms with van der Waals surface area (Å²) in [5, 5.41) is 6.09. The number of aromatic nitrogens is 2. The van der Waals surface area contributed by atoms with E-state index < -0.39 is 0 Å². The molecule has 25 heavy (non-hydrogen) atoms. The number of amides is 1. The SMILES string of the molecule is O=C(c1cccs1)N1CCC(CCc2noc(C3CCOCC3)n2)C1. The van der Waals surface area contributed by atoms with E-state index in [1.807, 2.05) is 22.4 Å².